The molecule has 1 fully saturated rings. The maximum absolute atomic E-state index is 13.1. The quantitative estimate of drug-likeness (QED) is 0.779. The summed E-state index contributed by atoms with van der Waals surface area (Å²) in [5.41, 5.74) is 1.07. The number of unbranched alkanes of at least 4 members (excludes halogenated alkanes) is 2. The number of hydrogen-bond donors (Lipinski definition) is 1. The van der Waals surface area contributed by atoms with E-state index in [0.717, 1.165) is 50.6 Å². The Bertz CT molecular complexity index is 653. The maximum Gasteiger partial charge on any atom is 0.224 e. The molecule has 1 N–H and O–H groups in total. The van der Waals surface area contributed by atoms with Crippen molar-refractivity contribution in [1.29, 1.82) is 0 Å². The minimum absolute atomic E-state index is 0.192. The summed E-state index contributed by atoms with van der Waals surface area (Å²) in [6.07, 6.45) is 5.39. The van der Waals surface area contributed by atoms with Gasteiger partial charge in [0.15, 0.2) is 0 Å². The first-order valence-corrected chi connectivity index (χ1v) is 9.08. The maximum atomic E-state index is 13.1. The second kappa shape index (κ2) is 8.65. The van der Waals surface area contributed by atoms with E-state index < -0.39 is 0 Å². The van der Waals surface area contributed by atoms with Crippen molar-refractivity contribution in [1.82, 2.24) is 9.97 Å². The van der Waals surface area contributed by atoms with Gasteiger partial charge in [-0.2, -0.15) is 4.98 Å². The van der Waals surface area contributed by atoms with Crippen molar-refractivity contribution in [2.24, 2.45) is 0 Å². The van der Waals surface area contributed by atoms with E-state index in [1.807, 2.05) is 24.4 Å². The molecule has 6 heteroatoms. The number of piperazine rings is 1. The van der Waals surface area contributed by atoms with Crippen LogP contribution in [0.5, 0.6) is 0 Å². The zero-order valence-corrected chi connectivity index (χ0v) is 14.8. The lowest BCUT2D eigenvalue weighted by Crippen LogP contribution is -2.46. The molecule has 0 radical (unpaired) electrons. The Hall–Kier alpha value is -2.37. The number of halogens is 1. The molecule has 1 aliphatic rings. The van der Waals surface area contributed by atoms with Crippen LogP contribution in [0.25, 0.3) is 0 Å². The van der Waals surface area contributed by atoms with Gasteiger partial charge in [0, 0.05) is 44.6 Å². The molecule has 2 heterocycles. The topological polar surface area (TPSA) is 44.3 Å². The van der Waals surface area contributed by atoms with Crippen LogP contribution in [0, 0.1) is 5.82 Å². The van der Waals surface area contributed by atoms with E-state index in [2.05, 4.69) is 32.0 Å². The molecule has 1 aromatic heterocycles. The average Bonchev–Trinajstić information content (AvgIpc) is 2.66. The molecule has 5 nitrogen and oxygen atoms in total. The Morgan fingerprint density at radius 1 is 1.00 bits per heavy atom. The summed E-state index contributed by atoms with van der Waals surface area (Å²) in [7, 11) is 0. The summed E-state index contributed by atoms with van der Waals surface area (Å²) in [5, 5.41) is 3.30. The predicted molar refractivity (Wildman–Crippen MR) is 101 cm³/mol. The van der Waals surface area contributed by atoms with E-state index in [1.54, 1.807) is 0 Å². The summed E-state index contributed by atoms with van der Waals surface area (Å²) in [5.74, 6) is 1.48. The number of anilines is 3. The minimum atomic E-state index is -0.192. The lowest BCUT2D eigenvalue weighted by Gasteiger charge is -2.36. The molecule has 0 aliphatic carbocycles. The van der Waals surface area contributed by atoms with Crippen molar-refractivity contribution >= 4 is 17.5 Å². The molecule has 0 bridgehead atoms. The smallest absolute Gasteiger partial charge is 0.224 e. The van der Waals surface area contributed by atoms with Gasteiger partial charge in [0.25, 0.3) is 0 Å². The third kappa shape index (κ3) is 4.81. The van der Waals surface area contributed by atoms with Gasteiger partial charge in [-0.25, -0.2) is 9.37 Å². The zero-order chi connectivity index (χ0) is 17.5. The van der Waals surface area contributed by atoms with Crippen LogP contribution in [0.3, 0.4) is 0 Å². The van der Waals surface area contributed by atoms with Crippen LogP contribution in [0.4, 0.5) is 21.8 Å². The number of nitrogens with zero attached hydrogens (tertiary/aromatic N) is 4. The molecule has 134 valence electrons. The van der Waals surface area contributed by atoms with E-state index in [0.29, 0.717) is 5.95 Å². The fourth-order valence-corrected chi connectivity index (χ4v) is 3.03. The Morgan fingerprint density at radius 2 is 1.72 bits per heavy atom. The highest BCUT2D eigenvalue weighted by Gasteiger charge is 2.18. The fourth-order valence-electron chi connectivity index (χ4n) is 3.03. The van der Waals surface area contributed by atoms with Crippen LogP contribution in [0.1, 0.15) is 26.2 Å². The first kappa shape index (κ1) is 17.5. The van der Waals surface area contributed by atoms with Crippen molar-refractivity contribution in [2.75, 3.05) is 47.8 Å². The summed E-state index contributed by atoms with van der Waals surface area (Å²) < 4.78 is 13.1. The largest absolute Gasteiger partial charge is 0.368 e. The highest BCUT2D eigenvalue weighted by atomic mass is 19.1. The standard InChI is InChI=1S/C19H26FN5/c1-2-3-4-10-21-19-22-11-9-18(23-19)25-14-12-24(13-15-25)17-7-5-16(20)6-8-17/h5-9,11H,2-4,10,12-15H2,1H3,(H,21,22,23). The molecule has 0 atom stereocenters. The van der Waals surface area contributed by atoms with Gasteiger partial charge in [-0.3, -0.25) is 0 Å². The molecule has 1 saturated heterocycles. The van der Waals surface area contributed by atoms with Gasteiger partial charge < -0.3 is 15.1 Å². The Morgan fingerprint density at radius 3 is 2.44 bits per heavy atom. The van der Waals surface area contributed by atoms with E-state index >= 15 is 0 Å². The van der Waals surface area contributed by atoms with Crippen LogP contribution in [-0.2, 0) is 0 Å². The van der Waals surface area contributed by atoms with Gasteiger partial charge in [0.2, 0.25) is 5.95 Å². The van der Waals surface area contributed by atoms with Gasteiger partial charge >= 0.3 is 0 Å². The minimum Gasteiger partial charge on any atom is -0.368 e. The van der Waals surface area contributed by atoms with Gasteiger partial charge in [-0.05, 0) is 36.8 Å². The zero-order valence-electron chi connectivity index (χ0n) is 14.8. The van der Waals surface area contributed by atoms with E-state index in [-0.39, 0.29) is 5.82 Å². The summed E-state index contributed by atoms with van der Waals surface area (Å²) in [6.45, 7) is 6.69. The van der Waals surface area contributed by atoms with Crippen LogP contribution in [-0.4, -0.2) is 42.7 Å². The molecule has 0 unspecified atom stereocenters. The Balaban J connectivity index is 1.54. The molecule has 0 amide bonds. The van der Waals surface area contributed by atoms with Crippen LogP contribution in [0.2, 0.25) is 0 Å². The van der Waals surface area contributed by atoms with Crippen molar-refractivity contribution in [3.05, 3.63) is 42.3 Å². The van der Waals surface area contributed by atoms with Crippen LogP contribution < -0.4 is 15.1 Å². The number of benzene rings is 1. The average molecular weight is 343 g/mol. The summed E-state index contributed by atoms with van der Waals surface area (Å²) in [6, 6.07) is 8.68. The highest BCUT2D eigenvalue weighted by Crippen LogP contribution is 2.20. The first-order valence-electron chi connectivity index (χ1n) is 9.08. The highest BCUT2D eigenvalue weighted by molar-refractivity contribution is 5.50. The van der Waals surface area contributed by atoms with Crippen molar-refractivity contribution < 1.29 is 4.39 Å². The molecule has 1 aromatic carbocycles. The normalized spacial score (nSPS) is 14.6. The van der Waals surface area contributed by atoms with Crippen LogP contribution in [0.15, 0.2) is 36.5 Å². The summed E-state index contributed by atoms with van der Waals surface area (Å²) >= 11 is 0. The van der Waals surface area contributed by atoms with Gasteiger partial charge in [-0.1, -0.05) is 19.8 Å². The first-order chi connectivity index (χ1) is 12.3. The molecule has 25 heavy (non-hydrogen) atoms. The second-order valence-electron chi connectivity index (χ2n) is 6.32. The monoisotopic (exact) mass is 343 g/mol. The lowest BCUT2D eigenvalue weighted by molar-refractivity contribution is 0.624. The lowest BCUT2D eigenvalue weighted by atomic mass is 10.2. The summed E-state index contributed by atoms with van der Waals surface area (Å²) in [4.78, 5) is 13.5. The molecule has 0 spiro atoms. The Kier molecular flexibility index (Phi) is 6.04. The number of rotatable bonds is 7. The van der Waals surface area contributed by atoms with Crippen molar-refractivity contribution in [3.63, 3.8) is 0 Å². The number of nitrogens with one attached hydrogen (secondary N) is 1. The molecular weight excluding hydrogens is 317 g/mol. The molecular formula is C19H26FN5. The van der Waals surface area contributed by atoms with E-state index in [4.69, 9.17) is 0 Å². The van der Waals surface area contributed by atoms with Crippen LogP contribution >= 0.6 is 0 Å². The molecule has 3 rings (SSSR count). The van der Waals surface area contributed by atoms with Gasteiger partial charge in [-0.15, -0.1) is 0 Å². The van der Waals surface area contributed by atoms with Crippen molar-refractivity contribution in [3.8, 4) is 0 Å². The predicted octanol–water partition coefficient (Wildman–Crippen LogP) is 3.54. The van der Waals surface area contributed by atoms with Gasteiger partial charge in [0.1, 0.15) is 11.6 Å². The number of aromatic nitrogens is 2. The van der Waals surface area contributed by atoms with Crippen molar-refractivity contribution in [2.45, 2.75) is 26.2 Å². The van der Waals surface area contributed by atoms with Gasteiger partial charge in [0.05, 0.1) is 0 Å². The third-order valence-electron chi connectivity index (χ3n) is 4.50. The fraction of sp³-hybridized carbons (Fsp3) is 0.474. The van der Waals surface area contributed by atoms with E-state index in [1.165, 1.54) is 25.0 Å². The Labute approximate surface area is 148 Å². The second-order valence-corrected chi connectivity index (χ2v) is 6.32. The van der Waals surface area contributed by atoms with E-state index in [9.17, 15) is 4.39 Å². The molecule has 1 aliphatic heterocycles. The number of hydrogen-bond acceptors (Lipinski definition) is 5. The molecule has 0 saturated carbocycles. The third-order valence-corrected chi connectivity index (χ3v) is 4.50. The SMILES string of the molecule is CCCCCNc1nccc(N2CCN(c3ccc(F)cc3)CC2)n1. The molecule has 2 aromatic rings.